The van der Waals surface area contributed by atoms with Gasteiger partial charge in [0.25, 0.3) is 0 Å². The molecule has 1 amide bonds. The van der Waals surface area contributed by atoms with Crippen molar-refractivity contribution in [3.63, 3.8) is 0 Å². The van der Waals surface area contributed by atoms with E-state index in [1.54, 1.807) is 11.4 Å². The van der Waals surface area contributed by atoms with Crippen LogP contribution in [0.4, 0.5) is 9.52 Å². The highest BCUT2D eigenvalue weighted by molar-refractivity contribution is 7.14. The highest BCUT2D eigenvalue weighted by Gasteiger charge is 2.28. The van der Waals surface area contributed by atoms with E-state index in [9.17, 15) is 9.18 Å². The number of nitrogens with one attached hydrogen (secondary N) is 1. The Morgan fingerprint density at radius 3 is 2.62 bits per heavy atom. The third-order valence-corrected chi connectivity index (χ3v) is 4.16. The molecule has 132 valence electrons. The zero-order valence-corrected chi connectivity index (χ0v) is 15.6. The van der Waals surface area contributed by atoms with E-state index in [-0.39, 0.29) is 29.5 Å². The summed E-state index contributed by atoms with van der Waals surface area (Å²) in [6.07, 6.45) is 0. The fourth-order valence-corrected chi connectivity index (χ4v) is 2.59. The average molecular weight is 374 g/mol. The highest BCUT2D eigenvalue weighted by Crippen LogP contribution is 2.29. The largest absolute Gasteiger partial charge is 0.494 e. The second-order valence-corrected chi connectivity index (χ2v) is 7.08. The van der Waals surface area contributed by atoms with Gasteiger partial charge >= 0.3 is 0 Å². The summed E-state index contributed by atoms with van der Waals surface area (Å²) in [5.41, 5.74) is 6.76. The van der Waals surface area contributed by atoms with Gasteiger partial charge < -0.3 is 15.8 Å². The number of carbonyl (C=O) groups is 1. The molecule has 3 N–H and O–H groups in total. The first-order chi connectivity index (χ1) is 10.7. The quantitative estimate of drug-likeness (QED) is 0.856. The van der Waals surface area contributed by atoms with Crippen molar-refractivity contribution in [3.05, 3.63) is 29.4 Å². The monoisotopic (exact) mass is 373 g/mol. The molecule has 0 aliphatic carbocycles. The van der Waals surface area contributed by atoms with Gasteiger partial charge in [-0.05, 0) is 23.6 Å². The van der Waals surface area contributed by atoms with Gasteiger partial charge in [-0.2, -0.15) is 0 Å². The second kappa shape index (κ2) is 7.92. The van der Waals surface area contributed by atoms with E-state index >= 15 is 0 Å². The molecule has 0 aliphatic rings. The molecular formula is C16H21ClFN3O2S. The number of rotatable bonds is 4. The van der Waals surface area contributed by atoms with Gasteiger partial charge in [-0.25, -0.2) is 9.37 Å². The molecule has 5 nitrogen and oxygen atoms in total. The van der Waals surface area contributed by atoms with Gasteiger partial charge in [-0.15, -0.1) is 23.7 Å². The zero-order chi connectivity index (χ0) is 17.2. The molecule has 2 aromatic rings. The Morgan fingerprint density at radius 2 is 2.08 bits per heavy atom. The minimum Gasteiger partial charge on any atom is -0.494 e. The fourth-order valence-electron chi connectivity index (χ4n) is 1.87. The van der Waals surface area contributed by atoms with Gasteiger partial charge in [0.1, 0.15) is 0 Å². The first kappa shape index (κ1) is 20.3. The SMILES string of the molecule is COc1ccc(-c2csc(NC(=O)[C@@H](N)C(C)(C)C)n2)cc1F.Cl. The number of nitrogens with zero attached hydrogens (tertiary/aromatic N) is 1. The molecule has 0 radical (unpaired) electrons. The zero-order valence-electron chi connectivity index (χ0n) is 13.9. The van der Waals surface area contributed by atoms with Gasteiger partial charge in [-0.3, -0.25) is 4.79 Å². The van der Waals surface area contributed by atoms with Gasteiger partial charge in [0.15, 0.2) is 16.7 Å². The van der Waals surface area contributed by atoms with Gasteiger partial charge in [-0.1, -0.05) is 20.8 Å². The summed E-state index contributed by atoms with van der Waals surface area (Å²) in [5, 5.41) is 4.88. The molecule has 1 aromatic heterocycles. The molecule has 0 saturated carbocycles. The predicted octanol–water partition coefficient (Wildman–Crippen LogP) is 3.69. The lowest BCUT2D eigenvalue weighted by Gasteiger charge is -2.25. The van der Waals surface area contributed by atoms with E-state index in [1.807, 2.05) is 20.8 Å². The van der Waals surface area contributed by atoms with Crippen LogP contribution >= 0.6 is 23.7 Å². The number of hydrogen-bond acceptors (Lipinski definition) is 5. The lowest BCUT2D eigenvalue weighted by Crippen LogP contribution is -2.45. The van der Waals surface area contributed by atoms with E-state index in [2.05, 4.69) is 10.3 Å². The van der Waals surface area contributed by atoms with Crippen LogP contribution in [0.3, 0.4) is 0 Å². The number of ether oxygens (including phenoxy) is 1. The second-order valence-electron chi connectivity index (χ2n) is 6.22. The standard InChI is InChI=1S/C16H20FN3O2S.ClH/c1-16(2,3)13(18)14(21)20-15-19-11(8-23-15)9-5-6-12(22-4)10(17)7-9;/h5-8,13H,18H2,1-4H3,(H,19,20,21);1H/t13-;/m1./s1. The fraction of sp³-hybridized carbons (Fsp3) is 0.375. The third kappa shape index (κ3) is 4.66. The van der Waals surface area contributed by atoms with Gasteiger partial charge in [0.2, 0.25) is 5.91 Å². The molecule has 2 rings (SSSR count). The van der Waals surface area contributed by atoms with Crippen LogP contribution in [0.5, 0.6) is 5.75 Å². The number of nitrogens with two attached hydrogens (primary N) is 1. The van der Waals surface area contributed by atoms with Crippen LogP contribution in [0.2, 0.25) is 0 Å². The minimum absolute atomic E-state index is 0. The number of aromatic nitrogens is 1. The number of carbonyl (C=O) groups excluding carboxylic acids is 1. The number of anilines is 1. The van der Waals surface area contributed by atoms with Crippen LogP contribution in [-0.2, 0) is 4.79 Å². The Balaban J connectivity index is 0.00000288. The Hall–Kier alpha value is -1.70. The Morgan fingerprint density at radius 1 is 1.42 bits per heavy atom. The molecular weight excluding hydrogens is 353 g/mol. The maximum absolute atomic E-state index is 13.8. The predicted molar refractivity (Wildman–Crippen MR) is 97.4 cm³/mol. The van der Waals surface area contributed by atoms with Gasteiger partial charge in [0.05, 0.1) is 18.8 Å². The molecule has 0 fully saturated rings. The van der Waals surface area contributed by atoms with Crippen molar-refractivity contribution in [2.24, 2.45) is 11.1 Å². The Bertz CT molecular complexity index is 716. The van der Waals surface area contributed by atoms with Crippen LogP contribution in [0.15, 0.2) is 23.6 Å². The molecule has 0 aliphatic heterocycles. The number of amides is 1. The average Bonchev–Trinajstić information content (AvgIpc) is 2.93. The lowest BCUT2D eigenvalue weighted by atomic mass is 9.87. The Kier molecular flexibility index (Phi) is 6.71. The summed E-state index contributed by atoms with van der Waals surface area (Å²) in [7, 11) is 1.41. The van der Waals surface area contributed by atoms with Crippen molar-refractivity contribution in [1.82, 2.24) is 4.98 Å². The van der Waals surface area contributed by atoms with Crippen LogP contribution in [-0.4, -0.2) is 24.0 Å². The summed E-state index contributed by atoms with van der Waals surface area (Å²) < 4.78 is 18.6. The summed E-state index contributed by atoms with van der Waals surface area (Å²) >= 11 is 1.26. The van der Waals surface area contributed by atoms with E-state index < -0.39 is 11.9 Å². The molecule has 0 saturated heterocycles. The molecule has 0 spiro atoms. The maximum Gasteiger partial charge on any atom is 0.243 e. The molecule has 1 heterocycles. The van der Waals surface area contributed by atoms with Crippen molar-refractivity contribution < 1.29 is 13.9 Å². The molecule has 0 bridgehead atoms. The first-order valence-electron chi connectivity index (χ1n) is 7.08. The van der Waals surface area contributed by atoms with Crippen molar-refractivity contribution in [2.45, 2.75) is 26.8 Å². The number of methoxy groups -OCH3 is 1. The summed E-state index contributed by atoms with van der Waals surface area (Å²) in [6.45, 7) is 5.68. The summed E-state index contributed by atoms with van der Waals surface area (Å²) in [6, 6.07) is 3.95. The first-order valence-corrected chi connectivity index (χ1v) is 7.96. The molecule has 0 unspecified atom stereocenters. The van der Waals surface area contributed by atoms with E-state index in [0.717, 1.165) is 0 Å². The number of benzene rings is 1. The minimum atomic E-state index is -0.645. The number of halogens is 2. The molecule has 24 heavy (non-hydrogen) atoms. The lowest BCUT2D eigenvalue weighted by molar-refractivity contribution is -0.119. The number of hydrogen-bond donors (Lipinski definition) is 2. The third-order valence-electron chi connectivity index (χ3n) is 3.40. The van der Waals surface area contributed by atoms with E-state index in [0.29, 0.717) is 16.4 Å². The molecule has 8 heteroatoms. The van der Waals surface area contributed by atoms with Crippen molar-refractivity contribution in [3.8, 4) is 17.0 Å². The summed E-state index contributed by atoms with van der Waals surface area (Å²) in [5.74, 6) is -0.577. The smallest absolute Gasteiger partial charge is 0.243 e. The van der Waals surface area contributed by atoms with E-state index in [4.69, 9.17) is 10.5 Å². The van der Waals surface area contributed by atoms with Crippen molar-refractivity contribution in [1.29, 1.82) is 0 Å². The van der Waals surface area contributed by atoms with Crippen LogP contribution in [0.25, 0.3) is 11.3 Å². The summed E-state index contributed by atoms with van der Waals surface area (Å²) in [4.78, 5) is 16.4. The normalized spacial score (nSPS) is 12.2. The van der Waals surface area contributed by atoms with Crippen molar-refractivity contribution in [2.75, 3.05) is 12.4 Å². The van der Waals surface area contributed by atoms with Crippen LogP contribution in [0.1, 0.15) is 20.8 Å². The number of thiazole rings is 1. The van der Waals surface area contributed by atoms with Crippen LogP contribution in [0, 0.1) is 11.2 Å². The van der Waals surface area contributed by atoms with Gasteiger partial charge in [0, 0.05) is 10.9 Å². The van der Waals surface area contributed by atoms with Crippen LogP contribution < -0.4 is 15.8 Å². The highest BCUT2D eigenvalue weighted by atomic mass is 35.5. The molecule has 1 aromatic carbocycles. The van der Waals surface area contributed by atoms with E-state index in [1.165, 1.54) is 30.6 Å². The topological polar surface area (TPSA) is 77.2 Å². The van der Waals surface area contributed by atoms with Crippen molar-refractivity contribution >= 4 is 34.8 Å². The molecule has 1 atom stereocenters. The maximum atomic E-state index is 13.8. The Labute approximate surface area is 150 Å².